The zero-order valence-electron chi connectivity index (χ0n) is 26.3. The van der Waals surface area contributed by atoms with Crippen LogP contribution in [0.25, 0.3) is 0 Å². The SMILES string of the molecule is C=C/C=C\C=C/CN(C1=CNC(C2=CC/C(=C\C3=C(C=C)C4C=CC=CC4C4=C3C=CCC4)C=C2)C=C1)/C(=C/C=C\C)CC. The molecule has 3 atom stereocenters. The second kappa shape index (κ2) is 15.3. The first-order valence-corrected chi connectivity index (χ1v) is 16.1. The summed E-state index contributed by atoms with van der Waals surface area (Å²) in [5.74, 6) is 0.837. The van der Waals surface area contributed by atoms with Gasteiger partial charge in [-0.3, -0.25) is 0 Å². The summed E-state index contributed by atoms with van der Waals surface area (Å²) in [6, 6.07) is 0.155. The maximum absolute atomic E-state index is 4.24. The van der Waals surface area contributed by atoms with Crippen molar-refractivity contribution in [2.24, 2.45) is 11.8 Å². The van der Waals surface area contributed by atoms with Crippen molar-refractivity contribution in [2.45, 2.75) is 45.6 Å². The normalized spacial score (nSPS) is 25.5. The molecule has 0 amide bonds. The zero-order chi connectivity index (χ0) is 30.7. The summed E-state index contributed by atoms with van der Waals surface area (Å²) < 4.78 is 0. The van der Waals surface area contributed by atoms with Crippen LogP contribution in [0.3, 0.4) is 0 Å². The van der Waals surface area contributed by atoms with Crippen molar-refractivity contribution in [3.05, 3.63) is 192 Å². The molecular weight excluding hydrogens is 532 g/mol. The lowest BCUT2D eigenvalue weighted by Gasteiger charge is -2.37. The third-order valence-corrected chi connectivity index (χ3v) is 8.83. The van der Waals surface area contributed by atoms with E-state index >= 15 is 0 Å². The van der Waals surface area contributed by atoms with Crippen LogP contribution < -0.4 is 5.32 Å². The molecule has 0 aromatic carbocycles. The Hall–Kier alpha value is -4.56. The lowest BCUT2D eigenvalue weighted by atomic mass is 9.67. The predicted molar refractivity (Wildman–Crippen MR) is 190 cm³/mol. The molecule has 1 N–H and O–H groups in total. The van der Waals surface area contributed by atoms with Crippen molar-refractivity contribution in [1.82, 2.24) is 10.2 Å². The lowest BCUT2D eigenvalue weighted by Crippen LogP contribution is -2.31. The maximum atomic E-state index is 4.24. The zero-order valence-corrected chi connectivity index (χ0v) is 26.3. The third-order valence-electron chi connectivity index (χ3n) is 8.83. The Morgan fingerprint density at radius 2 is 1.86 bits per heavy atom. The highest BCUT2D eigenvalue weighted by molar-refractivity contribution is 5.63. The van der Waals surface area contributed by atoms with Gasteiger partial charge in [-0.15, -0.1) is 0 Å². The molecule has 0 bridgehead atoms. The smallest absolute Gasteiger partial charge is 0.0694 e. The van der Waals surface area contributed by atoms with Gasteiger partial charge in [0.15, 0.2) is 0 Å². The van der Waals surface area contributed by atoms with E-state index in [1.54, 1.807) is 11.6 Å². The molecule has 0 spiro atoms. The molecule has 224 valence electrons. The molecule has 0 aromatic rings. The number of nitrogens with one attached hydrogen (secondary N) is 1. The summed E-state index contributed by atoms with van der Waals surface area (Å²) in [6.07, 6.45) is 52.5. The summed E-state index contributed by atoms with van der Waals surface area (Å²) in [4.78, 5) is 2.36. The van der Waals surface area contributed by atoms with E-state index in [1.165, 1.54) is 33.6 Å². The number of hydrogen-bond acceptors (Lipinski definition) is 2. The van der Waals surface area contributed by atoms with Crippen LogP contribution >= 0.6 is 0 Å². The van der Waals surface area contributed by atoms with E-state index in [2.05, 4.69) is 153 Å². The molecule has 1 heterocycles. The fraction of sp³-hybridized carbons (Fsp3) is 0.238. The quantitative estimate of drug-likeness (QED) is 0.245. The minimum atomic E-state index is 0.155. The van der Waals surface area contributed by atoms with E-state index in [1.807, 2.05) is 12.2 Å². The van der Waals surface area contributed by atoms with Crippen LogP contribution in [0.1, 0.15) is 39.5 Å². The Balaban J connectivity index is 1.32. The topological polar surface area (TPSA) is 15.3 Å². The van der Waals surface area contributed by atoms with E-state index in [-0.39, 0.29) is 6.04 Å². The first-order valence-electron chi connectivity index (χ1n) is 16.1. The van der Waals surface area contributed by atoms with Gasteiger partial charge in [-0.05, 0) is 72.6 Å². The molecule has 0 radical (unpaired) electrons. The number of nitrogens with zero attached hydrogens (tertiary/aromatic N) is 1. The Morgan fingerprint density at radius 1 is 1.00 bits per heavy atom. The molecule has 0 aromatic heterocycles. The van der Waals surface area contributed by atoms with Gasteiger partial charge >= 0.3 is 0 Å². The minimum Gasteiger partial charge on any atom is -0.379 e. The molecule has 4 aliphatic carbocycles. The second-order valence-corrected chi connectivity index (χ2v) is 11.5. The van der Waals surface area contributed by atoms with Gasteiger partial charge in [0.25, 0.3) is 0 Å². The van der Waals surface area contributed by atoms with E-state index < -0.39 is 0 Å². The Kier molecular flexibility index (Phi) is 10.7. The standard InChI is InChI=1S/C42H46N2/c1-5-9-11-12-17-29-44(34(7-3)18-10-6-2)35-27-28-42(43-31-35)33-25-23-32(24-26-33)30-41-36(8-4)37-19-13-14-20-38(37)39-21-15-16-22-40(39)41/h5-6,8-14,16-20,22-23,25-28,30-31,37-38,42-43H,1,4,7,15,21,24,29H2,2-3H3/b10-6-,11-9-,17-12-,32-30-,34-18+. The lowest BCUT2D eigenvalue weighted by molar-refractivity contribution is 0.463. The monoisotopic (exact) mass is 578 g/mol. The molecule has 5 aliphatic rings. The van der Waals surface area contributed by atoms with E-state index in [4.69, 9.17) is 0 Å². The molecule has 2 heteroatoms. The van der Waals surface area contributed by atoms with Gasteiger partial charge in [-0.25, -0.2) is 0 Å². The number of allylic oxidation sites excluding steroid dienone is 24. The van der Waals surface area contributed by atoms with Gasteiger partial charge in [-0.1, -0.05) is 141 Å². The molecule has 0 saturated carbocycles. The first-order chi connectivity index (χ1) is 21.7. The molecule has 2 nitrogen and oxygen atoms in total. The average molecular weight is 579 g/mol. The molecule has 0 saturated heterocycles. The highest BCUT2D eigenvalue weighted by Gasteiger charge is 2.33. The summed E-state index contributed by atoms with van der Waals surface area (Å²) in [7, 11) is 0. The fourth-order valence-corrected chi connectivity index (χ4v) is 6.60. The number of fused-ring (bicyclic) bond motifs is 2. The van der Waals surface area contributed by atoms with Crippen LogP contribution in [0.2, 0.25) is 0 Å². The molecular formula is C42H46N2. The fourth-order valence-electron chi connectivity index (χ4n) is 6.60. The summed E-state index contributed by atoms with van der Waals surface area (Å²) in [6.45, 7) is 13.1. The van der Waals surface area contributed by atoms with Crippen LogP contribution in [-0.4, -0.2) is 17.5 Å². The predicted octanol–water partition coefficient (Wildman–Crippen LogP) is 10.1. The maximum Gasteiger partial charge on any atom is 0.0694 e. The van der Waals surface area contributed by atoms with Crippen molar-refractivity contribution in [3.8, 4) is 0 Å². The molecule has 1 aliphatic heterocycles. The van der Waals surface area contributed by atoms with Gasteiger partial charge in [0.2, 0.25) is 0 Å². The van der Waals surface area contributed by atoms with Crippen LogP contribution in [-0.2, 0) is 0 Å². The van der Waals surface area contributed by atoms with Crippen LogP contribution in [0.5, 0.6) is 0 Å². The van der Waals surface area contributed by atoms with Crippen molar-refractivity contribution in [1.29, 1.82) is 0 Å². The van der Waals surface area contributed by atoms with E-state index in [0.29, 0.717) is 11.8 Å². The van der Waals surface area contributed by atoms with Gasteiger partial charge in [0, 0.05) is 30.3 Å². The Bertz CT molecular complexity index is 1560. The Labute approximate surface area is 265 Å². The van der Waals surface area contributed by atoms with E-state index in [0.717, 1.165) is 37.9 Å². The third kappa shape index (κ3) is 6.97. The average Bonchev–Trinajstić information content (AvgIpc) is 3.08. The van der Waals surface area contributed by atoms with Crippen LogP contribution in [0.15, 0.2) is 192 Å². The number of hydrogen-bond donors (Lipinski definition) is 1. The minimum absolute atomic E-state index is 0.155. The highest BCUT2D eigenvalue weighted by atomic mass is 15.2. The van der Waals surface area contributed by atoms with Gasteiger partial charge < -0.3 is 10.2 Å². The number of dihydropyridines is 1. The molecule has 0 fully saturated rings. The van der Waals surface area contributed by atoms with Crippen molar-refractivity contribution in [3.63, 3.8) is 0 Å². The number of rotatable bonds is 11. The largest absolute Gasteiger partial charge is 0.379 e. The molecule has 44 heavy (non-hydrogen) atoms. The Morgan fingerprint density at radius 3 is 2.57 bits per heavy atom. The van der Waals surface area contributed by atoms with Gasteiger partial charge in [-0.2, -0.15) is 0 Å². The summed E-state index contributed by atoms with van der Waals surface area (Å²) in [5, 5.41) is 3.67. The second-order valence-electron chi connectivity index (χ2n) is 11.5. The van der Waals surface area contributed by atoms with Crippen LogP contribution in [0.4, 0.5) is 0 Å². The van der Waals surface area contributed by atoms with Gasteiger partial charge in [0.1, 0.15) is 0 Å². The molecule has 5 rings (SSSR count). The van der Waals surface area contributed by atoms with Crippen LogP contribution in [0, 0.1) is 11.8 Å². The summed E-state index contributed by atoms with van der Waals surface area (Å²) >= 11 is 0. The van der Waals surface area contributed by atoms with E-state index in [9.17, 15) is 0 Å². The molecule has 3 unspecified atom stereocenters. The van der Waals surface area contributed by atoms with Crippen molar-refractivity contribution < 1.29 is 0 Å². The first kappa shape index (κ1) is 30.9. The summed E-state index contributed by atoms with van der Waals surface area (Å²) in [5.41, 5.74) is 10.7. The van der Waals surface area contributed by atoms with Gasteiger partial charge in [0.05, 0.1) is 11.7 Å². The van der Waals surface area contributed by atoms with Crippen molar-refractivity contribution in [2.75, 3.05) is 6.54 Å². The highest BCUT2D eigenvalue weighted by Crippen LogP contribution is 2.46. The van der Waals surface area contributed by atoms with Crippen molar-refractivity contribution >= 4 is 0 Å².